The van der Waals surface area contributed by atoms with E-state index in [1.807, 2.05) is 115 Å². The average Bonchev–Trinajstić information content (AvgIpc) is 3.41. The van der Waals surface area contributed by atoms with Gasteiger partial charge in [-0.2, -0.15) is 0 Å². The molecular formula is C54H39BO3Si2. The van der Waals surface area contributed by atoms with Crippen LogP contribution in [0, 0.1) is 0 Å². The van der Waals surface area contributed by atoms with Crippen molar-refractivity contribution in [1.82, 2.24) is 0 Å². The van der Waals surface area contributed by atoms with Crippen LogP contribution in [-0.4, -0.2) is 23.3 Å². The minimum Gasteiger partial charge on any atom is -0.458 e. The maximum absolute atomic E-state index is 9.79. The van der Waals surface area contributed by atoms with Crippen molar-refractivity contribution in [3.63, 3.8) is 0 Å². The van der Waals surface area contributed by atoms with Crippen LogP contribution in [0.5, 0.6) is 23.0 Å². The third-order valence-corrected chi connectivity index (χ3v) is 20.7. The van der Waals surface area contributed by atoms with Crippen LogP contribution in [-0.2, 0) is 4.12 Å². The van der Waals surface area contributed by atoms with Crippen LogP contribution in [0.2, 0.25) is 0 Å². The molecule has 0 atom stereocenters. The van der Waals surface area contributed by atoms with Crippen molar-refractivity contribution < 1.29 is 27.3 Å². The van der Waals surface area contributed by atoms with E-state index in [9.17, 15) is 5.48 Å². The third-order valence-electron chi connectivity index (χ3n) is 11.4. The van der Waals surface area contributed by atoms with Crippen molar-refractivity contribution in [3.05, 3.63) is 236 Å². The van der Waals surface area contributed by atoms with E-state index < -0.39 is 77.7 Å². The molecule has 0 bridgehead atoms. The van der Waals surface area contributed by atoms with E-state index in [-0.39, 0.29) is 51.0 Å². The normalized spacial score (nSPS) is 15.0. The second-order valence-electron chi connectivity index (χ2n) is 14.7. The lowest BCUT2D eigenvalue weighted by atomic mass is 9.34. The Morgan fingerprint density at radius 2 is 0.817 bits per heavy atom. The molecule has 11 rings (SSSR count). The molecule has 60 heavy (non-hydrogen) atoms. The minimum absolute atomic E-state index is 0.0251. The van der Waals surface area contributed by atoms with Crippen LogP contribution in [0.4, 0.5) is 0 Å². The molecule has 2 aliphatic rings. The summed E-state index contributed by atoms with van der Waals surface area (Å²) in [6.45, 7) is -1.30. The molecule has 0 unspecified atom stereocenters. The number of fused-ring (bicyclic) bond motifs is 4. The SMILES string of the molecule is [2H]c1c([2H])c([2H])c2c(c1[2H])Oc1c([2H])c([2H])c(-c3cccc([Si](O[Si](c4ccccc4)(c4ccccc4)c4ccccc4)(c4ccccc4)c4ccccc4)c3)c3c1B2c1c([2H])c([2H])c([2H])c([2H])c1O3. The summed E-state index contributed by atoms with van der Waals surface area (Å²) in [5, 5.41) is 5.76. The molecule has 9 aromatic carbocycles. The zero-order chi connectivity index (χ0) is 48.6. The maximum Gasteiger partial charge on any atom is 0.278 e. The van der Waals surface area contributed by atoms with Gasteiger partial charge in [0.15, 0.2) is 0 Å². The molecule has 2 aliphatic heterocycles. The first kappa shape index (κ1) is 26.9. The topological polar surface area (TPSA) is 27.7 Å². The molecule has 2 heterocycles. The Kier molecular flexibility index (Phi) is 6.73. The van der Waals surface area contributed by atoms with Gasteiger partial charge in [-0.3, -0.25) is 0 Å². The van der Waals surface area contributed by atoms with E-state index >= 15 is 0 Å². The monoisotopic (exact) mass is 812 g/mol. The smallest absolute Gasteiger partial charge is 0.278 e. The number of para-hydroxylation sites is 2. The van der Waals surface area contributed by atoms with E-state index in [1.54, 1.807) is 0 Å². The lowest BCUT2D eigenvalue weighted by Gasteiger charge is -2.44. The summed E-state index contributed by atoms with van der Waals surface area (Å²) in [4.78, 5) is 0. The molecule has 0 aromatic heterocycles. The average molecular weight is 813 g/mol. The molecule has 0 N–H and O–H groups in total. The number of hydrogen-bond acceptors (Lipinski definition) is 3. The lowest BCUT2D eigenvalue weighted by molar-refractivity contribution is 0.465. The highest BCUT2D eigenvalue weighted by atomic mass is 28.4. The number of ether oxygens (including phenoxy) is 2. The second-order valence-corrected chi connectivity index (χ2v) is 21.7. The summed E-state index contributed by atoms with van der Waals surface area (Å²) in [5.41, 5.74) is 0.553. The molecule has 0 amide bonds. The molecule has 0 saturated carbocycles. The predicted octanol–water partition coefficient (Wildman–Crippen LogP) is 6.73. The minimum atomic E-state index is -3.82. The van der Waals surface area contributed by atoms with Gasteiger partial charge >= 0.3 is 0 Å². The molecule has 0 fully saturated rings. The predicted molar refractivity (Wildman–Crippen MR) is 252 cm³/mol. The fraction of sp³-hybridized carbons (Fsp3) is 0. The highest BCUT2D eigenvalue weighted by molar-refractivity contribution is 7.18. The van der Waals surface area contributed by atoms with Gasteiger partial charge in [0, 0.05) is 11.0 Å². The highest BCUT2D eigenvalue weighted by Gasteiger charge is 2.53. The maximum atomic E-state index is 9.79. The molecule has 0 radical (unpaired) electrons. The summed E-state index contributed by atoms with van der Waals surface area (Å²) in [6, 6.07) is 54.2. The van der Waals surface area contributed by atoms with Crippen LogP contribution in [0.1, 0.15) is 13.7 Å². The van der Waals surface area contributed by atoms with Crippen molar-refractivity contribution in [2.45, 2.75) is 0 Å². The summed E-state index contributed by atoms with van der Waals surface area (Å²) in [7, 11) is -7.37. The molecule has 284 valence electrons. The molecule has 0 saturated heterocycles. The zero-order valence-corrected chi connectivity index (χ0v) is 34.0. The third kappa shape index (κ3) is 5.83. The highest BCUT2D eigenvalue weighted by Crippen LogP contribution is 2.40. The van der Waals surface area contributed by atoms with Crippen LogP contribution in [0.25, 0.3) is 11.1 Å². The van der Waals surface area contributed by atoms with Gasteiger partial charge in [0.2, 0.25) is 0 Å². The van der Waals surface area contributed by atoms with Crippen LogP contribution in [0.15, 0.2) is 236 Å². The van der Waals surface area contributed by atoms with Gasteiger partial charge < -0.3 is 13.6 Å². The van der Waals surface area contributed by atoms with Gasteiger partial charge in [-0.25, -0.2) is 0 Å². The van der Waals surface area contributed by atoms with Crippen LogP contribution >= 0.6 is 0 Å². The lowest BCUT2D eigenvalue weighted by Crippen LogP contribution is -2.81. The molecule has 0 spiro atoms. The Morgan fingerprint density at radius 3 is 1.30 bits per heavy atom. The first-order valence-electron chi connectivity index (χ1n) is 24.7. The standard InChI is InChI=1S/C54H39BO3Si2/c1-6-22-41(23-7-1)59(42-24-8-2-9-25-42,43-26-10-3-11-27-43)58-60(44-28-12-4-13-29-44,45-30-14-5-15-31-45)46-32-20-21-40(39-46)47-37-38-52-53-54(47)57-51-36-19-17-34-49(51)55(53)48-33-16-18-35-50(48)56-52/h1-39H/i16D,17D,18D,19D,33D,34D,35D,36D,37D,38D. The number of rotatable bonds is 9. The van der Waals surface area contributed by atoms with Gasteiger partial charge in [0.1, 0.15) is 23.0 Å². The van der Waals surface area contributed by atoms with Crippen molar-refractivity contribution in [2.75, 3.05) is 0 Å². The van der Waals surface area contributed by atoms with Gasteiger partial charge in [-0.1, -0.05) is 212 Å². The Balaban J connectivity index is 1.23. The van der Waals surface area contributed by atoms with E-state index in [2.05, 4.69) is 60.7 Å². The van der Waals surface area contributed by atoms with Crippen LogP contribution in [0.3, 0.4) is 0 Å². The van der Waals surface area contributed by atoms with Gasteiger partial charge in [0.25, 0.3) is 23.3 Å². The van der Waals surface area contributed by atoms with E-state index in [1.165, 1.54) is 0 Å². The summed E-state index contributed by atoms with van der Waals surface area (Å²) in [5.74, 6) is -0.776. The summed E-state index contributed by atoms with van der Waals surface area (Å²) >= 11 is 0. The Hall–Kier alpha value is -6.96. The van der Waals surface area contributed by atoms with Gasteiger partial charge in [0.05, 0.1) is 13.7 Å². The van der Waals surface area contributed by atoms with Crippen molar-refractivity contribution in [3.8, 4) is 34.1 Å². The number of hydrogen-bond donors (Lipinski definition) is 0. The van der Waals surface area contributed by atoms with Crippen molar-refractivity contribution in [1.29, 1.82) is 0 Å². The molecule has 9 aromatic rings. The Morgan fingerprint density at radius 1 is 0.400 bits per heavy atom. The largest absolute Gasteiger partial charge is 0.458 e. The van der Waals surface area contributed by atoms with E-state index in [0.717, 1.165) is 31.1 Å². The summed E-state index contributed by atoms with van der Waals surface area (Å²) in [6.07, 6.45) is 0. The van der Waals surface area contributed by atoms with Crippen molar-refractivity contribution in [2.24, 2.45) is 0 Å². The van der Waals surface area contributed by atoms with Crippen LogP contribution < -0.4 is 57.0 Å². The van der Waals surface area contributed by atoms with Crippen molar-refractivity contribution >= 4 is 70.9 Å². The Labute approximate surface area is 367 Å². The van der Waals surface area contributed by atoms with Gasteiger partial charge in [-0.05, 0) is 71.8 Å². The molecule has 3 nitrogen and oxygen atoms in total. The number of benzene rings is 9. The second kappa shape index (κ2) is 15.0. The van der Waals surface area contributed by atoms with Gasteiger partial charge in [-0.15, -0.1) is 0 Å². The first-order chi connectivity index (χ1) is 33.9. The zero-order valence-electron chi connectivity index (χ0n) is 42.0. The molecule has 0 aliphatic carbocycles. The fourth-order valence-electron chi connectivity index (χ4n) is 8.80. The summed E-state index contributed by atoms with van der Waals surface area (Å²) < 4.78 is 112. The Bertz CT molecular complexity index is 3390. The molecular weight excluding hydrogens is 764 g/mol. The quantitative estimate of drug-likeness (QED) is 0.120. The van der Waals surface area contributed by atoms with E-state index in [0.29, 0.717) is 5.56 Å². The first-order valence-corrected chi connectivity index (χ1v) is 23.5. The van der Waals surface area contributed by atoms with E-state index in [4.69, 9.17) is 21.8 Å². The molecule has 6 heteroatoms. The fourth-order valence-corrected chi connectivity index (χ4v) is 19.5.